The summed E-state index contributed by atoms with van der Waals surface area (Å²) in [6.45, 7) is 3.08. The van der Waals surface area contributed by atoms with Gasteiger partial charge in [0.25, 0.3) is 0 Å². The monoisotopic (exact) mass is 263 g/mol. The van der Waals surface area contributed by atoms with Gasteiger partial charge in [0.05, 0.1) is 12.0 Å². The van der Waals surface area contributed by atoms with Crippen molar-refractivity contribution in [1.29, 1.82) is 0 Å². The summed E-state index contributed by atoms with van der Waals surface area (Å²) in [6, 6.07) is 5.63. The molecular formula is C13H17N3O3. The average molecular weight is 263 g/mol. The first-order chi connectivity index (χ1) is 9.20. The SMILES string of the molecule is COc1cc(N2CC[C@H]3CNC[C@H]32)ccc1[N+](=O)[O-]. The molecule has 0 bridgehead atoms. The van der Waals surface area contributed by atoms with Crippen LogP contribution in [0.1, 0.15) is 6.42 Å². The maximum Gasteiger partial charge on any atom is 0.311 e. The molecule has 19 heavy (non-hydrogen) atoms. The standard InChI is InChI=1S/C13H17N3O3/c1-19-13-6-10(2-3-11(13)16(17)18)15-5-4-9-7-14-8-12(9)15/h2-3,6,9,12,14H,4-5,7-8H2,1H3/t9-,12+/m0/s1. The van der Waals surface area contributed by atoms with E-state index in [0.717, 1.165) is 25.3 Å². The first-order valence-corrected chi connectivity index (χ1v) is 6.50. The number of nitro benzene ring substituents is 1. The highest BCUT2D eigenvalue weighted by Gasteiger charge is 2.37. The van der Waals surface area contributed by atoms with Crippen molar-refractivity contribution in [2.24, 2.45) is 5.92 Å². The molecule has 0 aliphatic carbocycles. The van der Waals surface area contributed by atoms with Gasteiger partial charge in [-0.1, -0.05) is 0 Å². The molecule has 2 aliphatic rings. The van der Waals surface area contributed by atoms with Gasteiger partial charge >= 0.3 is 5.69 Å². The summed E-state index contributed by atoms with van der Waals surface area (Å²) in [7, 11) is 1.47. The van der Waals surface area contributed by atoms with Crippen LogP contribution in [0.5, 0.6) is 5.75 Å². The van der Waals surface area contributed by atoms with Crippen LogP contribution >= 0.6 is 0 Å². The van der Waals surface area contributed by atoms with Crippen molar-refractivity contribution in [1.82, 2.24) is 5.32 Å². The maximum atomic E-state index is 10.9. The Morgan fingerprint density at radius 1 is 1.47 bits per heavy atom. The van der Waals surface area contributed by atoms with E-state index in [1.54, 1.807) is 6.07 Å². The number of hydrogen-bond acceptors (Lipinski definition) is 5. The van der Waals surface area contributed by atoms with Gasteiger partial charge in [-0.3, -0.25) is 10.1 Å². The second kappa shape index (κ2) is 4.70. The van der Waals surface area contributed by atoms with Crippen molar-refractivity contribution in [3.63, 3.8) is 0 Å². The highest BCUT2D eigenvalue weighted by atomic mass is 16.6. The Labute approximate surface area is 111 Å². The summed E-state index contributed by atoms with van der Waals surface area (Å²) in [5.41, 5.74) is 1.03. The van der Waals surface area contributed by atoms with Crippen LogP contribution in [0.25, 0.3) is 0 Å². The number of benzene rings is 1. The molecule has 0 spiro atoms. The number of ether oxygens (including phenoxy) is 1. The average Bonchev–Trinajstić information content (AvgIpc) is 3.00. The molecule has 6 nitrogen and oxygen atoms in total. The number of nitrogens with zero attached hydrogens (tertiary/aromatic N) is 2. The number of methoxy groups -OCH3 is 1. The Balaban J connectivity index is 1.91. The number of rotatable bonds is 3. The summed E-state index contributed by atoms with van der Waals surface area (Å²) in [5, 5.41) is 14.3. The lowest BCUT2D eigenvalue weighted by Gasteiger charge is -2.25. The molecule has 2 atom stereocenters. The Morgan fingerprint density at radius 2 is 2.32 bits per heavy atom. The Bertz CT molecular complexity index is 506. The van der Waals surface area contributed by atoms with E-state index in [1.807, 2.05) is 6.07 Å². The first kappa shape index (κ1) is 12.2. The van der Waals surface area contributed by atoms with Crippen molar-refractivity contribution >= 4 is 11.4 Å². The van der Waals surface area contributed by atoms with Gasteiger partial charge in [-0.2, -0.15) is 0 Å². The van der Waals surface area contributed by atoms with Gasteiger partial charge in [0.2, 0.25) is 0 Å². The fraction of sp³-hybridized carbons (Fsp3) is 0.538. The van der Waals surface area contributed by atoms with Crippen LogP contribution in [-0.4, -0.2) is 37.7 Å². The Hall–Kier alpha value is -1.82. The topological polar surface area (TPSA) is 67.6 Å². The highest BCUT2D eigenvalue weighted by Crippen LogP contribution is 2.36. The van der Waals surface area contributed by atoms with Gasteiger partial charge < -0.3 is 15.0 Å². The lowest BCUT2D eigenvalue weighted by atomic mass is 10.0. The zero-order chi connectivity index (χ0) is 13.4. The molecule has 102 valence electrons. The fourth-order valence-electron chi connectivity index (χ4n) is 3.17. The molecule has 2 heterocycles. The smallest absolute Gasteiger partial charge is 0.311 e. The molecule has 2 saturated heterocycles. The van der Waals surface area contributed by atoms with Gasteiger partial charge in [0.1, 0.15) is 0 Å². The van der Waals surface area contributed by atoms with E-state index in [-0.39, 0.29) is 5.69 Å². The highest BCUT2D eigenvalue weighted by molar-refractivity contribution is 5.60. The summed E-state index contributed by atoms with van der Waals surface area (Å²) in [6.07, 6.45) is 1.18. The number of anilines is 1. The molecule has 0 amide bonds. The van der Waals surface area contributed by atoms with Crippen molar-refractivity contribution < 1.29 is 9.66 Å². The minimum Gasteiger partial charge on any atom is -0.490 e. The summed E-state index contributed by atoms with van der Waals surface area (Å²) in [4.78, 5) is 12.8. The predicted molar refractivity (Wildman–Crippen MR) is 71.8 cm³/mol. The maximum absolute atomic E-state index is 10.9. The molecule has 3 rings (SSSR count). The van der Waals surface area contributed by atoms with E-state index >= 15 is 0 Å². The molecule has 1 N–H and O–H groups in total. The van der Waals surface area contributed by atoms with Gasteiger partial charge in [-0.05, 0) is 18.4 Å². The molecular weight excluding hydrogens is 246 g/mol. The predicted octanol–water partition coefficient (Wildman–Crippen LogP) is 1.40. The molecule has 1 aromatic carbocycles. The number of fused-ring (bicyclic) bond motifs is 1. The summed E-state index contributed by atoms with van der Waals surface area (Å²) >= 11 is 0. The van der Waals surface area contributed by atoms with E-state index in [1.165, 1.54) is 19.6 Å². The third kappa shape index (κ3) is 2.02. The van der Waals surface area contributed by atoms with Gasteiger partial charge in [0, 0.05) is 43.5 Å². The van der Waals surface area contributed by atoms with E-state index in [0.29, 0.717) is 17.7 Å². The van der Waals surface area contributed by atoms with Crippen molar-refractivity contribution in [3.8, 4) is 5.75 Å². The molecule has 1 aromatic rings. The van der Waals surface area contributed by atoms with Gasteiger partial charge in [-0.25, -0.2) is 0 Å². The van der Waals surface area contributed by atoms with Crippen LogP contribution in [-0.2, 0) is 0 Å². The lowest BCUT2D eigenvalue weighted by molar-refractivity contribution is -0.385. The number of nitrogens with one attached hydrogen (secondary N) is 1. The molecule has 0 aromatic heterocycles. The van der Waals surface area contributed by atoms with Gasteiger partial charge in [-0.15, -0.1) is 0 Å². The Kier molecular flexibility index (Phi) is 3.02. The van der Waals surface area contributed by atoms with Crippen molar-refractivity contribution in [3.05, 3.63) is 28.3 Å². The third-order valence-electron chi connectivity index (χ3n) is 4.14. The normalized spacial score (nSPS) is 25.4. The third-order valence-corrected chi connectivity index (χ3v) is 4.14. The van der Waals surface area contributed by atoms with Crippen molar-refractivity contribution in [2.45, 2.75) is 12.5 Å². The van der Waals surface area contributed by atoms with Crippen LogP contribution in [0.2, 0.25) is 0 Å². The van der Waals surface area contributed by atoms with E-state index in [9.17, 15) is 10.1 Å². The van der Waals surface area contributed by atoms with Crippen LogP contribution in [0.4, 0.5) is 11.4 Å². The summed E-state index contributed by atoms with van der Waals surface area (Å²) in [5.74, 6) is 1.03. The molecule has 0 saturated carbocycles. The van der Waals surface area contributed by atoms with E-state index in [4.69, 9.17) is 4.74 Å². The van der Waals surface area contributed by atoms with Crippen LogP contribution in [0, 0.1) is 16.0 Å². The molecule has 0 unspecified atom stereocenters. The molecule has 6 heteroatoms. The minimum atomic E-state index is -0.410. The minimum absolute atomic E-state index is 0.0199. The zero-order valence-electron chi connectivity index (χ0n) is 10.8. The second-order valence-corrected chi connectivity index (χ2v) is 5.08. The number of nitro groups is 1. The molecule has 2 fully saturated rings. The van der Waals surface area contributed by atoms with E-state index < -0.39 is 4.92 Å². The summed E-state index contributed by atoms with van der Waals surface area (Å²) < 4.78 is 5.13. The van der Waals surface area contributed by atoms with E-state index in [2.05, 4.69) is 10.2 Å². The van der Waals surface area contributed by atoms with Crippen LogP contribution in [0.3, 0.4) is 0 Å². The first-order valence-electron chi connectivity index (χ1n) is 6.50. The fourth-order valence-corrected chi connectivity index (χ4v) is 3.17. The van der Waals surface area contributed by atoms with Crippen LogP contribution in [0.15, 0.2) is 18.2 Å². The molecule has 2 aliphatic heterocycles. The lowest BCUT2D eigenvalue weighted by Crippen LogP contribution is -2.34. The second-order valence-electron chi connectivity index (χ2n) is 5.08. The quantitative estimate of drug-likeness (QED) is 0.659. The van der Waals surface area contributed by atoms with Crippen LogP contribution < -0.4 is 15.0 Å². The number of hydrogen-bond donors (Lipinski definition) is 1. The van der Waals surface area contributed by atoms with Crippen molar-refractivity contribution in [2.75, 3.05) is 31.6 Å². The largest absolute Gasteiger partial charge is 0.490 e. The molecule has 0 radical (unpaired) electrons. The Morgan fingerprint density at radius 3 is 3.05 bits per heavy atom. The van der Waals surface area contributed by atoms with Gasteiger partial charge in [0.15, 0.2) is 5.75 Å². The zero-order valence-corrected chi connectivity index (χ0v) is 10.8.